The number of guanidine groups is 1. The molecule has 0 aliphatic rings. The Balaban J connectivity index is 1.97. The molecule has 0 saturated carbocycles. The highest BCUT2D eigenvalue weighted by atomic mass is 16.6. The maximum atomic E-state index is 13.6. The van der Waals surface area contributed by atoms with E-state index < -0.39 is 12.0 Å². The Morgan fingerprint density at radius 1 is 0.600 bits per heavy atom. The summed E-state index contributed by atoms with van der Waals surface area (Å²) in [5, 5.41) is 7.86. The minimum atomic E-state index is -0.592. The third kappa shape index (κ3) is 8.17. The molecule has 0 bridgehead atoms. The lowest BCUT2D eigenvalue weighted by Crippen LogP contribution is -2.45. The zero-order valence-corrected chi connectivity index (χ0v) is 26.1. The average Bonchev–Trinajstić information content (AvgIpc) is 3.07. The Morgan fingerprint density at radius 2 is 0.933 bits per heavy atom. The van der Waals surface area contributed by atoms with Gasteiger partial charge in [-0.25, -0.2) is 4.79 Å². The van der Waals surface area contributed by atoms with Gasteiger partial charge in [0.1, 0.15) is 25.5 Å². The summed E-state index contributed by atoms with van der Waals surface area (Å²) in [4.78, 5) is 15.9. The normalized spacial score (nSPS) is 10.5. The van der Waals surface area contributed by atoms with Gasteiger partial charge in [-0.2, -0.15) is 0 Å². The van der Waals surface area contributed by atoms with Crippen molar-refractivity contribution in [3.8, 4) is 28.7 Å². The van der Waals surface area contributed by atoms with Gasteiger partial charge in [-0.15, -0.1) is 0 Å². The van der Waals surface area contributed by atoms with E-state index in [1.807, 2.05) is 105 Å². The van der Waals surface area contributed by atoms with Crippen LogP contribution in [0.2, 0.25) is 0 Å². The number of anilines is 1. The first kappa shape index (κ1) is 32.5. The number of hydrogen-bond donors (Lipinski definition) is 2. The van der Waals surface area contributed by atoms with Crippen LogP contribution in [0.25, 0.3) is 0 Å². The molecular formula is C35H40N4O6. The van der Waals surface area contributed by atoms with Gasteiger partial charge in [-0.1, -0.05) is 91.0 Å². The molecule has 0 heterocycles. The van der Waals surface area contributed by atoms with Crippen LogP contribution >= 0.6 is 0 Å². The Bertz CT molecular complexity index is 1480. The molecule has 0 aliphatic carbocycles. The van der Waals surface area contributed by atoms with E-state index in [-0.39, 0.29) is 67.5 Å². The van der Waals surface area contributed by atoms with Gasteiger partial charge in [0.25, 0.3) is 0 Å². The Hall–Kier alpha value is -5.38. The molecule has 10 heteroatoms. The second-order valence-electron chi connectivity index (χ2n) is 9.97. The van der Waals surface area contributed by atoms with Gasteiger partial charge in [0.05, 0.1) is 13.2 Å². The SMILES string of the molecule is CCOc1c(OCc2ccccc2)c(OCc2ccccc2)c(OCc2ccccc2)c(OCC)c1N(C)C(=O)N(C)C(=N)N. The maximum absolute atomic E-state index is 13.6. The van der Waals surface area contributed by atoms with Crippen LogP contribution in [-0.2, 0) is 19.8 Å². The van der Waals surface area contributed by atoms with Crippen molar-refractivity contribution in [2.45, 2.75) is 33.7 Å². The molecule has 4 aromatic carbocycles. The number of carbonyl (C=O) groups is 1. The summed E-state index contributed by atoms with van der Waals surface area (Å²) in [6.45, 7) is 4.71. The van der Waals surface area contributed by atoms with Crippen LogP contribution in [0.3, 0.4) is 0 Å². The largest absolute Gasteiger partial charge is 0.488 e. The Morgan fingerprint density at radius 3 is 1.24 bits per heavy atom. The summed E-state index contributed by atoms with van der Waals surface area (Å²) in [6.07, 6.45) is 0. The minimum absolute atomic E-state index is 0.180. The van der Waals surface area contributed by atoms with Gasteiger partial charge in [-0.3, -0.25) is 15.2 Å². The molecule has 0 fully saturated rings. The van der Waals surface area contributed by atoms with Gasteiger partial charge in [0.2, 0.25) is 17.2 Å². The van der Waals surface area contributed by atoms with Crippen molar-refractivity contribution in [3.05, 3.63) is 108 Å². The second kappa shape index (κ2) is 15.9. The summed E-state index contributed by atoms with van der Waals surface area (Å²) in [5.41, 5.74) is 8.68. The van der Waals surface area contributed by atoms with E-state index in [0.717, 1.165) is 21.6 Å². The van der Waals surface area contributed by atoms with E-state index >= 15 is 0 Å². The first-order chi connectivity index (χ1) is 21.8. The number of hydrogen-bond acceptors (Lipinski definition) is 7. The monoisotopic (exact) mass is 612 g/mol. The fraction of sp³-hybridized carbons (Fsp3) is 0.257. The predicted octanol–water partition coefficient (Wildman–Crippen LogP) is 6.60. The van der Waals surface area contributed by atoms with Crippen LogP contribution in [0.15, 0.2) is 91.0 Å². The lowest BCUT2D eigenvalue weighted by atomic mass is 10.1. The first-order valence-electron chi connectivity index (χ1n) is 14.7. The van der Waals surface area contributed by atoms with Crippen LogP contribution in [0.1, 0.15) is 30.5 Å². The second-order valence-corrected chi connectivity index (χ2v) is 9.97. The summed E-state index contributed by atoms with van der Waals surface area (Å²) in [6, 6.07) is 28.5. The quantitative estimate of drug-likeness (QED) is 0.122. The van der Waals surface area contributed by atoms with Crippen LogP contribution in [0, 0.1) is 5.41 Å². The number of carbonyl (C=O) groups excluding carboxylic acids is 1. The van der Waals surface area contributed by atoms with Gasteiger partial charge in [0, 0.05) is 14.1 Å². The highest BCUT2D eigenvalue weighted by Gasteiger charge is 2.35. The van der Waals surface area contributed by atoms with E-state index in [1.54, 1.807) is 7.05 Å². The van der Waals surface area contributed by atoms with E-state index in [4.69, 9.17) is 34.8 Å². The van der Waals surface area contributed by atoms with E-state index in [0.29, 0.717) is 0 Å². The van der Waals surface area contributed by atoms with Gasteiger partial charge in [-0.05, 0) is 30.5 Å². The van der Waals surface area contributed by atoms with E-state index in [1.165, 1.54) is 11.9 Å². The van der Waals surface area contributed by atoms with Crippen LogP contribution in [0.5, 0.6) is 28.7 Å². The third-order valence-electron chi connectivity index (χ3n) is 6.78. The predicted molar refractivity (Wildman–Crippen MR) is 175 cm³/mol. The number of nitrogens with zero attached hydrogens (tertiary/aromatic N) is 2. The zero-order valence-electron chi connectivity index (χ0n) is 26.1. The van der Waals surface area contributed by atoms with Crippen molar-refractivity contribution >= 4 is 17.7 Å². The maximum Gasteiger partial charge on any atom is 0.330 e. The molecule has 4 aromatic rings. The summed E-state index contributed by atoms with van der Waals surface area (Å²) in [5.74, 6) is 0.764. The number of urea groups is 1. The van der Waals surface area contributed by atoms with Crippen molar-refractivity contribution in [2.75, 3.05) is 32.2 Å². The van der Waals surface area contributed by atoms with Crippen molar-refractivity contribution in [1.82, 2.24) is 4.90 Å². The molecule has 0 spiro atoms. The number of nitrogens with one attached hydrogen (secondary N) is 1. The molecule has 0 aromatic heterocycles. The topological polar surface area (TPSA) is 120 Å². The Labute approximate surface area is 264 Å². The molecule has 236 valence electrons. The number of ether oxygens (including phenoxy) is 5. The third-order valence-corrected chi connectivity index (χ3v) is 6.78. The Kier molecular flexibility index (Phi) is 11.5. The molecular weight excluding hydrogens is 572 g/mol. The average molecular weight is 613 g/mol. The molecule has 10 nitrogen and oxygen atoms in total. The molecule has 0 radical (unpaired) electrons. The lowest BCUT2D eigenvalue weighted by molar-refractivity contribution is 0.207. The number of amides is 2. The first-order valence-corrected chi connectivity index (χ1v) is 14.7. The molecule has 45 heavy (non-hydrogen) atoms. The molecule has 0 aliphatic heterocycles. The van der Waals surface area contributed by atoms with Crippen LogP contribution < -0.4 is 34.3 Å². The number of nitrogens with two attached hydrogens (primary N) is 1. The highest BCUT2D eigenvalue weighted by Crippen LogP contribution is 2.58. The van der Waals surface area contributed by atoms with E-state index in [9.17, 15) is 4.79 Å². The highest BCUT2D eigenvalue weighted by molar-refractivity contribution is 6.04. The molecule has 2 amide bonds. The summed E-state index contributed by atoms with van der Waals surface area (Å²) >= 11 is 0. The molecule has 0 atom stereocenters. The summed E-state index contributed by atoms with van der Waals surface area (Å²) in [7, 11) is 2.97. The molecule has 0 saturated heterocycles. The van der Waals surface area contributed by atoms with Gasteiger partial charge < -0.3 is 29.4 Å². The van der Waals surface area contributed by atoms with Crippen molar-refractivity contribution in [2.24, 2.45) is 5.73 Å². The van der Waals surface area contributed by atoms with Crippen LogP contribution in [-0.4, -0.2) is 44.2 Å². The molecule has 0 unspecified atom stereocenters. The van der Waals surface area contributed by atoms with Gasteiger partial charge in [0.15, 0.2) is 17.5 Å². The standard InChI is InChI=1S/C35H40N4O6/c1-5-41-29-28(38(3)35(40)39(4)34(36)37)30(42-6-2)32(44-23-26-18-12-8-13-19-26)33(45-24-27-20-14-9-15-21-27)31(29)43-22-25-16-10-7-11-17-25/h7-21H,5-6,22-24H2,1-4H3,(H3,36,37). The zero-order chi connectivity index (χ0) is 32.2. The van der Waals surface area contributed by atoms with Gasteiger partial charge >= 0.3 is 6.03 Å². The van der Waals surface area contributed by atoms with Crippen molar-refractivity contribution in [3.63, 3.8) is 0 Å². The lowest BCUT2D eigenvalue weighted by Gasteiger charge is -2.30. The minimum Gasteiger partial charge on any atom is -0.488 e. The molecule has 3 N–H and O–H groups in total. The number of benzene rings is 4. The smallest absolute Gasteiger partial charge is 0.330 e. The fourth-order valence-corrected chi connectivity index (χ4v) is 4.49. The van der Waals surface area contributed by atoms with E-state index in [2.05, 4.69) is 0 Å². The molecule has 4 rings (SSSR count). The van der Waals surface area contributed by atoms with Crippen molar-refractivity contribution < 1.29 is 28.5 Å². The van der Waals surface area contributed by atoms with Crippen molar-refractivity contribution in [1.29, 1.82) is 5.41 Å². The summed E-state index contributed by atoms with van der Waals surface area (Å²) < 4.78 is 32.0. The fourth-order valence-electron chi connectivity index (χ4n) is 4.49. The van der Waals surface area contributed by atoms with Crippen LogP contribution in [0.4, 0.5) is 10.5 Å². The number of rotatable bonds is 14.